The van der Waals surface area contributed by atoms with Gasteiger partial charge in [0.15, 0.2) is 11.8 Å². The number of rotatable bonds is 20. The normalized spacial score (nSPS) is 32.6. The van der Waals surface area contributed by atoms with Crippen LogP contribution in [0.4, 0.5) is 0 Å². The molecule has 0 spiro atoms. The molecule has 7 fully saturated rings. The monoisotopic (exact) mass is 1010 g/mol. The molecular weight excluding hydrogens is 927 g/mol. The minimum Gasteiger partial charge on any atom is -0.460 e. The standard InChI is InChI=1S/C59H83N3O11/c1-9-11-15-27-58(28-16-12-10-2)71-48-45-33-59(54(67)60-34-37-18-17-21-40(30-37)52(65)61-42(36-63)23-25-47(64)70-55(3,4)5)50(53(66)68-45)62(73-51(59)49(48)72-58)35-41-20-14-13-19-38(41)31-39-22-24-46-57(8,69-46)29-26-44-43(39)32-56(44,6)7/h13-14,17-21,30-31,42-46,48-51,63H,9-12,15-16,22-29,32-36H2,1-8H3,(H,60,67)(H,61,65). The highest BCUT2D eigenvalue weighted by atomic mass is 16.8. The third-order valence-electron chi connectivity index (χ3n) is 17.4. The van der Waals surface area contributed by atoms with Gasteiger partial charge >= 0.3 is 11.9 Å². The zero-order valence-electron chi connectivity index (χ0n) is 44.8. The number of fused-ring (bicyclic) bond motifs is 6. The average molecular weight is 1010 g/mol. The Hall–Kier alpha value is -4.18. The third kappa shape index (κ3) is 11.2. The molecule has 3 N–H and O–H groups in total. The van der Waals surface area contributed by atoms with Crippen molar-refractivity contribution in [3.63, 3.8) is 0 Å². The number of esters is 2. The molecule has 9 rings (SSSR count). The van der Waals surface area contributed by atoms with Crippen molar-refractivity contribution in [1.82, 2.24) is 15.7 Å². The second-order valence-corrected chi connectivity index (χ2v) is 24.4. The van der Waals surface area contributed by atoms with E-state index >= 15 is 4.79 Å². The molecule has 2 aromatic rings. The van der Waals surface area contributed by atoms with Gasteiger partial charge in [0.05, 0.1) is 30.9 Å². The predicted octanol–water partition coefficient (Wildman–Crippen LogP) is 9.43. The molecule has 14 heteroatoms. The van der Waals surface area contributed by atoms with Crippen molar-refractivity contribution in [3.8, 4) is 0 Å². The Morgan fingerprint density at radius 2 is 1.67 bits per heavy atom. The maximum absolute atomic E-state index is 15.4. The molecular formula is C59H83N3O11. The average Bonchev–Trinajstić information content (AvgIpc) is 3.62. The number of aliphatic hydroxyl groups excluding tert-OH is 1. The zero-order valence-corrected chi connectivity index (χ0v) is 44.8. The van der Waals surface area contributed by atoms with Gasteiger partial charge in [-0.25, -0.2) is 0 Å². The number of carbonyl (C=O) groups is 4. The van der Waals surface area contributed by atoms with Crippen LogP contribution in [0.2, 0.25) is 0 Å². The van der Waals surface area contributed by atoms with Gasteiger partial charge in [-0.1, -0.05) is 101 Å². The summed E-state index contributed by atoms with van der Waals surface area (Å²) in [5.41, 5.74) is 2.72. The Kier molecular flexibility index (Phi) is 15.8. The number of nitrogens with zero attached hydrogens (tertiary/aromatic N) is 1. The van der Waals surface area contributed by atoms with Crippen molar-refractivity contribution in [2.75, 3.05) is 6.61 Å². The van der Waals surface area contributed by atoms with E-state index in [1.807, 2.05) is 12.1 Å². The Balaban J connectivity index is 0.986. The first kappa shape index (κ1) is 53.6. The molecule has 11 atom stereocenters. The van der Waals surface area contributed by atoms with E-state index in [9.17, 15) is 19.5 Å². The number of amides is 2. The molecule has 3 aliphatic carbocycles. The van der Waals surface area contributed by atoms with Gasteiger partial charge in [-0.05, 0) is 125 Å². The first-order valence-electron chi connectivity index (χ1n) is 27.8. The van der Waals surface area contributed by atoms with Crippen molar-refractivity contribution >= 4 is 29.8 Å². The molecule has 11 unspecified atom stereocenters. The maximum Gasteiger partial charge on any atom is 0.327 e. The van der Waals surface area contributed by atoms with Gasteiger partial charge < -0.3 is 39.4 Å². The van der Waals surface area contributed by atoms with E-state index in [1.54, 1.807) is 44.0 Å². The molecule has 14 nitrogen and oxygen atoms in total. The summed E-state index contributed by atoms with van der Waals surface area (Å²) in [6.07, 6.45) is 13.0. The van der Waals surface area contributed by atoms with Crippen LogP contribution in [0.5, 0.6) is 0 Å². The number of benzene rings is 2. The maximum atomic E-state index is 15.4. The number of carbonyl (C=O) groups excluding carboxylic acids is 4. The molecule has 4 aliphatic heterocycles. The fourth-order valence-corrected chi connectivity index (χ4v) is 13.4. The summed E-state index contributed by atoms with van der Waals surface area (Å²) in [7, 11) is 0. The number of allylic oxidation sites excluding steroid dienone is 1. The second kappa shape index (κ2) is 21.4. The van der Waals surface area contributed by atoms with Crippen LogP contribution in [0.15, 0.2) is 54.1 Å². The number of epoxide rings is 1. The summed E-state index contributed by atoms with van der Waals surface area (Å²) >= 11 is 0. The van der Waals surface area contributed by atoms with Crippen LogP contribution in [0.25, 0.3) is 6.08 Å². The van der Waals surface area contributed by atoms with Crippen molar-refractivity contribution in [2.45, 2.75) is 231 Å². The molecule has 0 aromatic heterocycles. The van der Waals surface area contributed by atoms with E-state index in [2.05, 4.69) is 69.5 Å². The number of hydrogen-bond acceptors (Lipinski definition) is 12. The minimum atomic E-state index is -1.39. The molecule has 0 radical (unpaired) electrons. The van der Waals surface area contributed by atoms with E-state index in [0.29, 0.717) is 35.8 Å². The third-order valence-corrected chi connectivity index (χ3v) is 17.4. The quantitative estimate of drug-likeness (QED) is 0.0653. The van der Waals surface area contributed by atoms with Crippen LogP contribution < -0.4 is 10.6 Å². The summed E-state index contributed by atoms with van der Waals surface area (Å²) in [5.74, 6) is -1.52. The molecule has 2 aromatic carbocycles. The molecule has 4 saturated heterocycles. The SMILES string of the molecule is CCCCCC1(CCCCC)OC2C3CC4(C(=O)NCc5cccc(C(=O)NC(CO)CCC(=O)OC(C)(C)C)c5)C(ON(Cc5ccccc5C=C5CCC6OC6(C)CCC6C5CC6(C)C)C4C(=O)O3)C2O1. The van der Waals surface area contributed by atoms with Crippen LogP contribution in [0, 0.1) is 22.7 Å². The van der Waals surface area contributed by atoms with Gasteiger partial charge in [-0.2, -0.15) is 5.06 Å². The smallest absolute Gasteiger partial charge is 0.327 e. The molecule has 400 valence electrons. The zero-order chi connectivity index (χ0) is 51.9. The Bertz CT molecular complexity index is 2370. The lowest BCUT2D eigenvalue weighted by molar-refractivity contribution is -0.224. The van der Waals surface area contributed by atoms with Crippen LogP contribution in [0.3, 0.4) is 0 Å². The highest BCUT2D eigenvalue weighted by molar-refractivity contribution is 5.95. The first-order chi connectivity index (χ1) is 34.8. The fourth-order valence-electron chi connectivity index (χ4n) is 13.4. The summed E-state index contributed by atoms with van der Waals surface area (Å²) in [4.78, 5) is 63.2. The lowest BCUT2D eigenvalue weighted by Gasteiger charge is -2.53. The van der Waals surface area contributed by atoms with Crippen molar-refractivity contribution in [2.24, 2.45) is 22.7 Å². The number of unbranched alkanes of at least 4 members (excludes halogenated alkanes) is 4. The minimum absolute atomic E-state index is 0.0150. The summed E-state index contributed by atoms with van der Waals surface area (Å²) in [6.45, 7) is 16.7. The Labute approximate surface area is 433 Å². The molecule has 73 heavy (non-hydrogen) atoms. The Morgan fingerprint density at radius 3 is 2.38 bits per heavy atom. The van der Waals surface area contributed by atoms with Gasteiger partial charge in [-0.15, -0.1) is 0 Å². The van der Waals surface area contributed by atoms with Gasteiger partial charge in [0.1, 0.15) is 35.4 Å². The van der Waals surface area contributed by atoms with E-state index in [4.69, 9.17) is 28.5 Å². The van der Waals surface area contributed by atoms with Crippen molar-refractivity contribution < 1.29 is 52.8 Å². The topological polar surface area (TPSA) is 174 Å². The van der Waals surface area contributed by atoms with Crippen LogP contribution in [-0.4, -0.2) is 100 Å². The van der Waals surface area contributed by atoms with Gasteiger partial charge in [0, 0.05) is 37.8 Å². The van der Waals surface area contributed by atoms with Gasteiger partial charge in [-0.3, -0.25) is 24.0 Å². The molecule has 7 aliphatic rings. The van der Waals surface area contributed by atoms with E-state index in [1.165, 1.54) is 5.57 Å². The number of aliphatic hydroxyl groups is 1. The fraction of sp³-hybridized carbons (Fsp3) is 0.695. The van der Waals surface area contributed by atoms with E-state index < -0.39 is 71.1 Å². The van der Waals surface area contributed by atoms with Crippen LogP contribution in [0.1, 0.15) is 185 Å². The van der Waals surface area contributed by atoms with E-state index in [0.717, 1.165) is 81.8 Å². The largest absolute Gasteiger partial charge is 0.460 e. The summed E-state index contributed by atoms with van der Waals surface area (Å²) in [5, 5.41) is 17.8. The number of ether oxygens (including phenoxy) is 5. The van der Waals surface area contributed by atoms with Crippen LogP contribution >= 0.6 is 0 Å². The van der Waals surface area contributed by atoms with Gasteiger partial charge in [0.25, 0.3) is 5.91 Å². The molecule has 2 amide bonds. The highest BCUT2D eigenvalue weighted by Crippen LogP contribution is 2.61. The van der Waals surface area contributed by atoms with Gasteiger partial charge in [0.2, 0.25) is 5.91 Å². The summed E-state index contributed by atoms with van der Waals surface area (Å²) in [6, 6.07) is 13.5. The van der Waals surface area contributed by atoms with Crippen molar-refractivity contribution in [3.05, 3.63) is 76.4 Å². The first-order valence-corrected chi connectivity index (χ1v) is 27.8. The summed E-state index contributed by atoms with van der Waals surface area (Å²) < 4.78 is 32.3. The highest BCUT2D eigenvalue weighted by Gasteiger charge is 2.76. The Morgan fingerprint density at radius 1 is 0.932 bits per heavy atom. The lowest BCUT2D eigenvalue weighted by atomic mass is 9.52. The van der Waals surface area contributed by atoms with Crippen molar-refractivity contribution in [1.29, 1.82) is 0 Å². The molecule has 4 heterocycles. The number of hydrogen-bond donors (Lipinski definition) is 3. The predicted molar refractivity (Wildman–Crippen MR) is 275 cm³/mol. The number of nitrogens with one attached hydrogen (secondary N) is 2. The molecule has 2 bridgehead atoms. The second-order valence-electron chi connectivity index (χ2n) is 24.4. The lowest BCUT2D eigenvalue weighted by Crippen LogP contribution is -2.69. The van der Waals surface area contributed by atoms with Crippen LogP contribution in [-0.2, 0) is 56.0 Å². The van der Waals surface area contributed by atoms with E-state index in [-0.39, 0.29) is 62.0 Å². The number of hydroxylamine groups is 2. The molecule has 3 saturated carbocycles.